The molecule has 0 aromatic rings. The molecule has 2 aliphatic heterocycles. The zero-order valence-corrected chi connectivity index (χ0v) is 6.31. The van der Waals surface area contributed by atoms with Crippen molar-refractivity contribution in [2.24, 2.45) is 11.8 Å². The van der Waals surface area contributed by atoms with Gasteiger partial charge in [0.1, 0.15) is 0 Å². The molecule has 0 spiro atoms. The summed E-state index contributed by atoms with van der Waals surface area (Å²) < 4.78 is 5.40. The lowest BCUT2D eigenvalue weighted by Gasteiger charge is -2.11. The summed E-state index contributed by atoms with van der Waals surface area (Å²) in [6, 6.07) is 0. The minimum absolute atomic E-state index is 0.919. The van der Waals surface area contributed by atoms with Crippen LogP contribution in [0.25, 0.3) is 0 Å². The smallest absolute Gasteiger partial charge is 0.0469 e. The van der Waals surface area contributed by atoms with Crippen LogP contribution in [0.2, 0.25) is 0 Å². The van der Waals surface area contributed by atoms with Crippen LogP contribution in [0.4, 0.5) is 0 Å². The molecule has 2 heterocycles. The van der Waals surface area contributed by atoms with E-state index in [-0.39, 0.29) is 0 Å². The van der Waals surface area contributed by atoms with Gasteiger partial charge in [-0.15, -0.1) is 0 Å². The Kier molecular flexibility index (Phi) is 1.91. The van der Waals surface area contributed by atoms with Crippen LogP contribution in [0, 0.1) is 11.8 Å². The number of nitrogens with one attached hydrogen (secondary N) is 1. The highest BCUT2D eigenvalue weighted by molar-refractivity contribution is 4.82. The summed E-state index contributed by atoms with van der Waals surface area (Å²) in [5.74, 6) is 1.84. The van der Waals surface area contributed by atoms with Crippen molar-refractivity contribution in [3.8, 4) is 0 Å². The fourth-order valence-corrected chi connectivity index (χ4v) is 2.03. The quantitative estimate of drug-likeness (QED) is 0.534. The highest BCUT2D eigenvalue weighted by Crippen LogP contribution is 2.25. The van der Waals surface area contributed by atoms with Crippen LogP contribution in [0.1, 0.15) is 12.8 Å². The second-order valence-corrected chi connectivity index (χ2v) is 3.37. The lowest BCUT2D eigenvalue weighted by Crippen LogP contribution is -2.10. The fourth-order valence-electron chi connectivity index (χ4n) is 2.03. The lowest BCUT2D eigenvalue weighted by molar-refractivity contribution is 0.139. The Morgan fingerprint density at radius 3 is 2.20 bits per heavy atom. The van der Waals surface area contributed by atoms with E-state index in [1.54, 1.807) is 0 Å². The summed E-state index contributed by atoms with van der Waals surface area (Å²) in [5, 5.41) is 3.44. The molecule has 58 valence electrons. The van der Waals surface area contributed by atoms with Crippen LogP contribution >= 0.6 is 0 Å². The van der Waals surface area contributed by atoms with E-state index in [0.29, 0.717) is 0 Å². The van der Waals surface area contributed by atoms with Crippen molar-refractivity contribution in [2.45, 2.75) is 12.8 Å². The molecule has 2 aliphatic rings. The van der Waals surface area contributed by atoms with Gasteiger partial charge in [-0.05, 0) is 37.8 Å². The summed E-state index contributed by atoms with van der Waals surface area (Å²) in [5.41, 5.74) is 0. The third-order valence-electron chi connectivity index (χ3n) is 2.75. The Bertz CT molecular complexity index is 104. The number of hydrogen-bond donors (Lipinski definition) is 1. The van der Waals surface area contributed by atoms with Gasteiger partial charge in [-0.2, -0.15) is 0 Å². The molecule has 0 radical (unpaired) electrons. The first-order chi connectivity index (χ1) is 4.97. The summed E-state index contributed by atoms with van der Waals surface area (Å²) in [6.07, 6.45) is 2.55. The topological polar surface area (TPSA) is 21.3 Å². The van der Waals surface area contributed by atoms with Crippen molar-refractivity contribution >= 4 is 0 Å². The molecule has 2 fully saturated rings. The first kappa shape index (κ1) is 6.62. The van der Waals surface area contributed by atoms with Crippen molar-refractivity contribution < 1.29 is 4.74 Å². The maximum atomic E-state index is 5.40. The molecule has 2 nitrogen and oxygen atoms in total. The van der Waals surface area contributed by atoms with Crippen molar-refractivity contribution in [1.82, 2.24) is 5.32 Å². The van der Waals surface area contributed by atoms with Gasteiger partial charge >= 0.3 is 0 Å². The average molecular weight is 141 g/mol. The van der Waals surface area contributed by atoms with E-state index in [4.69, 9.17) is 4.74 Å². The van der Waals surface area contributed by atoms with Gasteiger partial charge in [0.25, 0.3) is 0 Å². The van der Waals surface area contributed by atoms with Gasteiger partial charge in [-0.25, -0.2) is 0 Å². The molecule has 2 atom stereocenters. The number of ether oxygens (including phenoxy) is 1. The molecule has 0 aromatic carbocycles. The van der Waals surface area contributed by atoms with Crippen LogP contribution in [0.5, 0.6) is 0 Å². The summed E-state index contributed by atoms with van der Waals surface area (Å²) in [4.78, 5) is 0. The zero-order chi connectivity index (χ0) is 6.81. The van der Waals surface area contributed by atoms with Gasteiger partial charge in [0.2, 0.25) is 0 Å². The van der Waals surface area contributed by atoms with Gasteiger partial charge < -0.3 is 10.1 Å². The first-order valence-electron chi connectivity index (χ1n) is 4.25. The molecule has 0 aromatic heterocycles. The highest BCUT2D eigenvalue weighted by atomic mass is 16.5. The maximum absolute atomic E-state index is 5.40. The molecule has 10 heavy (non-hydrogen) atoms. The van der Waals surface area contributed by atoms with Crippen molar-refractivity contribution in [3.05, 3.63) is 0 Å². The van der Waals surface area contributed by atoms with Gasteiger partial charge in [0.05, 0.1) is 0 Å². The summed E-state index contributed by atoms with van der Waals surface area (Å²) in [7, 11) is 0. The molecule has 1 N–H and O–H groups in total. The van der Waals surface area contributed by atoms with Gasteiger partial charge in [0.15, 0.2) is 0 Å². The minimum Gasteiger partial charge on any atom is -0.381 e. The van der Waals surface area contributed by atoms with Crippen LogP contribution < -0.4 is 5.32 Å². The molecule has 0 saturated carbocycles. The van der Waals surface area contributed by atoms with Gasteiger partial charge in [0, 0.05) is 13.2 Å². The van der Waals surface area contributed by atoms with E-state index >= 15 is 0 Å². The lowest BCUT2D eigenvalue weighted by atomic mass is 9.92. The highest BCUT2D eigenvalue weighted by Gasteiger charge is 2.27. The van der Waals surface area contributed by atoms with Crippen LogP contribution in [0.15, 0.2) is 0 Å². The molecule has 2 heteroatoms. The van der Waals surface area contributed by atoms with E-state index in [1.165, 1.54) is 25.9 Å². The van der Waals surface area contributed by atoms with E-state index in [9.17, 15) is 0 Å². The van der Waals surface area contributed by atoms with E-state index in [0.717, 1.165) is 25.0 Å². The monoisotopic (exact) mass is 141 g/mol. The average Bonchev–Trinajstić information content (AvgIpc) is 2.28. The standard InChI is InChI=1S/C8H15NO/c1-3-10-4-2-8-6-9-5-7(1)8/h7-9H,1-6H2. The van der Waals surface area contributed by atoms with Crippen molar-refractivity contribution in [1.29, 1.82) is 0 Å². The second-order valence-electron chi connectivity index (χ2n) is 3.37. The normalized spacial score (nSPS) is 40.8. The number of fused-ring (bicyclic) bond motifs is 1. The van der Waals surface area contributed by atoms with Crippen LogP contribution in [-0.2, 0) is 4.74 Å². The third-order valence-corrected chi connectivity index (χ3v) is 2.75. The van der Waals surface area contributed by atoms with Gasteiger partial charge in [-0.3, -0.25) is 0 Å². The van der Waals surface area contributed by atoms with E-state index < -0.39 is 0 Å². The molecule has 2 rings (SSSR count). The zero-order valence-electron chi connectivity index (χ0n) is 6.31. The van der Waals surface area contributed by atoms with Crippen LogP contribution in [-0.4, -0.2) is 26.3 Å². The third kappa shape index (κ3) is 1.18. The molecule has 2 saturated heterocycles. The predicted octanol–water partition coefficient (Wildman–Crippen LogP) is 0.632. The SMILES string of the molecule is C1CC2CNCC2CCO1. The number of hydrogen-bond acceptors (Lipinski definition) is 2. The fraction of sp³-hybridized carbons (Fsp3) is 1.00. The second kappa shape index (κ2) is 2.89. The summed E-state index contributed by atoms with van der Waals surface area (Å²) >= 11 is 0. The maximum Gasteiger partial charge on any atom is 0.0469 e. The Hall–Kier alpha value is -0.0800. The number of rotatable bonds is 0. The summed E-state index contributed by atoms with van der Waals surface area (Å²) in [6.45, 7) is 4.44. The Labute approximate surface area is 61.9 Å². The molecular weight excluding hydrogens is 126 g/mol. The minimum atomic E-state index is 0.919. The molecule has 0 aliphatic carbocycles. The Morgan fingerprint density at radius 1 is 1.00 bits per heavy atom. The predicted molar refractivity (Wildman–Crippen MR) is 39.9 cm³/mol. The Morgan fingerprint density at radius 2 is 1.60 bits per heavy atom. The first-order valence-corrected chi connectivity index (χ1v) is 4.25. The van der Waals surface area contributed by atoms with E-state index in [1.807, 2.05) is 0 Å². The van der Waals surface area contributed by atoms with E-state index in [2.05, 4.69) is 5.32 Å². The molecular formula is C8H15NO. The molecule has 0 amide bonds. The molecule has 0 bridgehead atoms. The Balaban J connectivity index is 1.95. The van der Waals surface area contributed by atoms with Crippen molar-refractivity contribution in [2.75, 3.05) is 26.3 Å². The van der Waals surface area contributed by atoms with Gasteiger partial charge in [-0.1, -0.05) is 0 Å². The molecule has 2 unspecified atom stereocenters. The largest absolute Gasteiger partial charge is 0.381 e. The van der Waals surface area contributed by atoms with Crippen molar-refractivity contribution in [3.63, 3.8) is 0 Å². The van der Waals surface area contributed by atoms with Crippen LogP contribution in [0.3, 0.4) is 0 Å².